The minimum atomic E-state index is -0.485. The van der Waals surface area contributed by atoms with Crippen LogP contribution in [0.1, 0.15) is 22.9 Å². The highest BCUT2D eigenvalue weighted by molar-refractivity contribution is 5.71. The third-order valence-electron chi connectivity index (χ3n) is 5.52. The molecule has 2 aromatic carbocycles. The van der Waals surface area contributed by atoms with E-state index in [-0.39, 0.29) is 5.88 Å². The number of hydrogen-bond donors (Lipinski definition) is 1. The fraction of sp³-hybridized carbons (Fsp3) is 0.125. The maximum Gasteiger partial charge on any atom is 0.229 e. The highest BCUT2D eigenvalue weighted by Crippen LogP contribution is 2.47. The first-order valence-corrected chi connectivity index (χ1v) is 9.90. The summed E-state index contributed by atoms with van der Waals surface area (Å²) < 4.78 is 9.54. The lowest BCUT2D eigenvalue weighted by molar-refractivity contribution is 0.366. The van der Waals surface area contributed by atoms with Gasteiger partial charge in [0.05, 0.1) is 22.9 Å². The Morgan fingerprint density at radius 3 is 2.32 bits per heavy atom. The van der Waals surface area contributed by atoms with Gasteiger partial charge in [0.25, 0.3) is 0 Å². The third kappa shape index (κ3) is 2.97. The first-order valence-electron chi connectivity index (χ1n) is 9.90. The molecule has 0 radical (unpaired) electrons. The predicted octanol–water partition coefficient (Wildman–Crippen LogP) is 3.80. The number of nitrogens with two attached hydrogens (primary N) is 1. The number of para-hydroxylation sites is 1. The van der Waals surface area contributed by atoms with E-state index in [1.807, 2.05) is 80.7 Å². The van der Waals surface area contributed by atoms with Crippen LogP contribution in [0.5, 0.6) is 5.88 Å². The van der Waals surface area contributed by atoms with Gasteiger partial charge in [0.2, 0.25) is 11.8 Å². The lowest BCUT2D eigenvalue weighted by atomic mass is 9.86. The molecule has 4 aromatic rings. The van der Waals surface area contributed by atoms with Crippen LogP contribution < -0.4 is 10.5 Å². The molecule has 1 unspecified atom stereocenters. The molecule has 1 aliphatic heterocycles. The van der Waals surface area contributed by atoms with Crippen LogP contribution in [0.4, 0.5) is 0 Å². The molecule has 5 rings (SSSR count). The van der Waals surface area contributed by atoms with Crippen LogP contribution in [0.2, 0.25) is 0 Å². The molecule has 1 atom stereocenters. The summed E-state index contributed by atoms with van der Waals surface area (Å²) in [6.45, 7) is 1.97. The third-order valence-corrected chi connectivity index (χ3v) is 5.52. The van der Waals surface area contributed by atoms with Crippen LogP contribution in [-0.2, 0) is 7.05 Å². The zero-order chi connectivity index (χ0) is 21.5. The predicted molar refractivity (Wildman–Crippen MR) is 116 cm³/mol. The van der Waals surface area contributed by atoms with Gasteiger partial charge < -0.3 is 10.5 Å². The van der Waals surface area contributed by atoms with E-state index in [9.17, 15) is 5.26 Å². The Hall–Kier alpha value is -4.31. The number of nitrogens with zero attached hydrogens (tertiary/aromatic N) is 5. The van der Waals surface area contributed by atoms with Crippen LogP contribution >= 0.6 is 0 Å². The van der Waals surface area contributed by atoms with Crippen LogP contribution in [0.25, 0.3) is 16.9 Å². The number of aryl methyl sites for hydroxylation is 2. The van der Waals surface area contributed by atoms with Crippen molar-refractivity contribution in [2.45, 2.75) is 12.8 Å². The zero-order valence-corrected chi connectivity index (χ0v) is 17.1. The Bertz CT molecular complexity index is 1320. The van der Waals surface area contributed by atoms with Crippen LogP contribution in [0.15, 0.2) is 78.2 Å². The summed E-state index contributed by atoms with van der Waals surface area (Å²) in [5.74, 6) is 0.0798. The topological polar surface area (TPSA) is 94.7 Å². The molecule has 7 nitrogen and oxygen atoms in total. The van der Waals surface area contributed by atoms with Crippen molar-refractivity contribution in [1.82, 2.24) is 19.6 Å². The van der Waals surface area contributed by atoms with E-state index in [2.05, 4.69) is 11.2 Å². The summed E-state index contributed by atoms with van der Waals surface area (Å²) in [4.78, 5) is 0. The number of rotatable bonds is 3. The van der Waals surface area contributed by atoms with Gasteiger partial charge in [-0.05, 0) is 25.1 Å². The van der Waals surface area contributed by atoms with Gasteiger partial charge >= 0.3 is 0 Å². The highest BCUT2D eigenvalue weighted by atomic mass is 16.5. The van der Waals surface area contributed by atoms with Gasteiger partial charge in [0.1, 0.15) is 17.3 Å². The number of fused-ring (bicyclic) bond motifs is 1. The van der Waals surface area contributed by atoms with Crippen LogP contribution in [0, 0.1) is 18.3 Å². The lowest BCUT2D eigenvalue weighted by Gasteiger charge is -2.23. The molecule has 0 spiro atoms. The van der Waals surface area contributed by atoms with E-state index in [0.29, 0.717) is 11.5 Å². The number of aromatic nitrogens is 4. The van der Waals surface area contributed by atoms with E-state index < -0.39 is 5.92 Å². The van der Waals surface area contributed by atoms with Gasteiger partial charge in [0, 0.05) is 18.3 Å². The van der Waals surface area contributed by atoms with E-state index in [4.69, 9.17) is 15.6 Å². The second kappa shape index (κ2) is 7.18. The summed E-state index contributed by atoms with van der Waals surface area (Å²) in [7, 11) is 1.88. The maximum atomic E-state index is 9.95. The average molecular weight is 408 g/mol. The zero-order valence-electron chi connectivity index (χ0n) is 17.1. The molecule has 0 fully saturated rings. The molecule has 0 saturated carbocycles. The minimum Gasteiger partial charge on any atom is -0.422 e. The summed E-state index contributed by atoms with van der Waals surface area (Å²) in [6, 6.07) is 23.8. The second-order valence-electron chi connectivity index (χ2n) is 7.44. The largest absolute Gasteiger partial charge is 0.422 e. The van der Waals surface area contributed by atoms with Gasteiger partial charge in [0.15, 0.2) is 0 Å². The van der Waals surface area contributed by atoms with Crippen molar-refractivity contribution >= 4 is 0 Å². The Kier molecular flexibility index (Phi) is 4.33. The van der Waals surface area contributed by atoms with Crippen molar-refractivity contribution in [3.05, 3.63) is 95.1 Å². The maximum absolute atomic E-state index is 9.95. The van der Waals surface area contributed by atoms with Crippen molar-refractivity contribution in [2.75, 3.05) is 0 Å². The molecule has 0 aliphatic carbocycles. The summed E-state index contributed by atoms with van der Waals surface area (Å²) >= 11 is 0. The molecule has 2 aromatic heterocycles. The number of allylic oxidation sites excluding steroid dienone is 1. The average Bonchev–Trinajstić information content (AvgIpc) is 3.33. The quantitative estimate of drug-likeness (QED) is 0.556. The van der Waals surface area contributed by atoms with E-state index >= 15 is 0 Å². The Labute approximate surface area is 179 Å². The molecule has 0 saturated heterocycles. The van der Waals surface area contributed by atoms with Gasteiger partial charge in [-0.15, -0.1) is 0 Å². The smallest absolute Gasteiger partial charge is 0.229 e. The first kappa shape index (κ1) is 18.7. The molecule has 0 bridgehead atoms. The molecule has 0 amide bonds. The normalized spacial score (nSPS) is 15.3. The van der Waals surface area contributed by atoms with E-state index in [1.54, 1.807) is 9.36 Å². The van der Waals surface area contributed by atoms with Gasteiger partial charge in [-0.1, -0.05) is 48.5 Å². The van der Waals surface area contributed by atoms with Crippen LogP contribution in [-0.4, -0.2) is 19.6 Å². The van der Waals surface area contributed by atoms with Gasteiger partial charge in [-0.2, -0.15) is 20.1 Å². The van der Waals surface area contributed by atoms with Gasteiger partial charge in [-0.25, -0.2) is 0 Å². The SMILES string of the molecule is Cc1cc(C2C(C#N)=C(N)Oc3c2c(-c2ccccc2)nn3-c2ccccc2)nn1C. The van der Waals surface area contributed by atoms with Crippen molar-refractivity contribution < 1.29 is 4.74 Å². The Morgan fingerprint density at radius 1 is 1.03 bits per heavy atom. The molecule has 31 heavy (non-hydrogen) atoms. The number of ether oxygens (including phenoxy) is 1. The number of hydrogen-bond acceptors (Lipinski definition) is 5. The number of benzene rings is 2. The van der Waals surface area contributed by atoms with Gasteiger partial charge in [-0.3, -0.25) is 4.68 Å². The van der Waals surface area contributed by atoms with Crippen molar-refractivity contribution in [1.29, 1.82) is 5.26 Å². The van der Waals surface area contributed by atoms with Crippen molar-refractivity contribution in [3.63, 3.8) is 0 Å². The molecule has 1 aliphatic rings. The summed E-state index contributed by atoms with van der Waals surface area (Å²) in [5, 5.41) is 19.5. The fourth-order valence-corrected chi connectivity index (χ4v) is 3.92. The Morgan fingerprint density at radius 2 is 1.71 bits per heavy atom. The second-order valence-corrected chi connectivity index (χ2v) is 7.44. The fourth-order valence-electron chi connectivity index (χ4n) is 3.92. The lowest BCUT2D eigenvalue weighted by Crippen LogP contribution is -2.22. The molecule has 2 N–H and O–H groups in total. The van der Waals surface area contributed by atoms with Crippen molar-refractivity contribution in [3.8, 4) is 28.9 Å². The van der Waals surface area contributed by atoms with Crippen LogP contribution in [0.3, 0.4) is 0 Å². The van der Waals surface area contributed by atoms with Crippen molar-refractivity contribution in [2.24, 2.45) is 12.8 Å². The summed E-state index contributed by atoms with van der Waals surface area (Å²) in [6.07, 6.45) is 0. The minimum absolute atomic E-state index is 0.0694. The molecular weight excluding hydrogens is 388 g/mol. The summed E-state index contributed by atoms with van der Waals surface area (Å²) in [5.41, 5.74) is 11.5. The molecule has 3 heterocycles. The monoisotopic (exact) mass is 408 g/mol. The molecule has 152 valence electrons. The Balaban J connectivity index is 1.84. The molecular formula is C24H20N6O. The van der Waals surface area contributed by atoms with E-state index in [1.165, 1.54) is 0 Å². The number of nitriles is 1. The molecule has 7 heteroatoms. The standard InChI is InChI=1S/C24H20N6O/c1-15-13-19(27-29(15)2)20-18(14-25)23(26)31-24-21(20)22(16-9-5-3-6-10-16)28-30(24)17-11-7-4-8-12-17/h3-13,20H,26H2,1-2H3. The first-order chi connectivity index (χ1) is 15.1. The van der Waals surface area contributed by atoms with E-state index in [0.717, 1.165) is 33.9 Å². The highest BCUT2D eigenvalue weighted by Gasteiger charge is 2.39.